The number of aromatic nitrogens is 6. The van der Waals surface area contributed by atoms with Crippen molar-refractivity contribution in [2.45, 2.75) is 312 Å². The number of aryl methyl sites for hydroxylation is 2. The quantitative estimate of drug-likeness (QED) is 0.0888. The van der Waals surface area contributed by atoms with E-state index in [1.165, 1.54) is 134 Å². The standard InChI is InChI=1S/C17H30N2O.C16H22N2O2S.C15H25N3O.C13H21N3.C11H19N3O.C11H19N3.C9H17NO2S.C9H17NO/c1-13(2)14-8-11-18(12-9-14)17(20)16-7-4-10-19(16)15-5-3-6-15;1-16(2,3)14-7-9-18(10-8-14)21(19,20)15-6-4-5-13(11-15)12-17;1-12(2)13-5-9-18(10-6-13)15(19)14-4-3-8-17(14)11-7-16;1-13(2,3)11-4-8-16(9-5-11)12-10-14-6-7-15-12;1-8(2)10-4-5-14(6-10)7-11-12-9(3)13-15-11;1-10-3-5-14(6-4-10)9-11-7-12-13(2)8-11;1-8-3-2-6-10(7-8)13(11,12)9-4-5-9;1-8-3-2-4-10(5-8)9-6-11-7-9/h13-16H,3-12H2,1-2H3;4-6,11,14H,7-10H2,1-3H3;12-14H,3-6,8-11H2,1-2H3;6-7,10-11H,4-5,8-9H2,1-3H3;8,10H,4-7H2,1-3H3;7-8,10H,3-6,9H2,1-2H3;8-9H,2-7H2,1H3;8-9H,2-7H2,1H3/t16-;;14-;;10-;;;/m0.0.1.../s1. The second-order valence-electron chi connectivity index (χ2n) is 43.5. The van der Waals surface area contributed by atoms with Crippen molar-refractivity contribution in [3.8, 4) is 12.1 Å². The number of nitrogens with zero attached hydrogens (tertiary/aromatic N) is 18. The Labute approximate surface area is 780 Å². The molecule has 0 bridgehead atoms. The third-order valence-corrected chi connectivity index (χ3v) is 34.7. The Morgan fingerprint density at radius 2 is 1.12 bits per heavy atom. The molecule has 3 aromatic heterocycles. The van der Waals surface area contributed by atoms with Crippen LogP contribution in [0.25, 0.3) is 0 Å². The largest absolute Gasteiger partial charge is 0.378 e. The fourth-order valence-electron chi connectivity index (χ4n) is 21.0. The van der Waals surface area contributed by atoms with Crippen molar-refractivity contribution in [2.24, 2.45) is 83.0 Å². The van der Waals surface area contributed by atoms with Gasteiger partial charge in [-0.3, -0.25) is 43.8 Å². The molecule has 724 valence electrons. The van der Waals surface area contributed by atoms with E-state index in [9.17, 15) is 26.4 Å². The van der Waals surface area contributed by atoms with Gasteiger partial charge in [-0.2, -0.15) is 24.9 Å². The van der Waals surface area contributed by atoms with Gasteiger partial charge in [0.05, 0.1) is 84.7 Å². The van der Waals surface area contributed by atoms with Gasteiger partial charge in [0.2, 0.25) is 37.8 Å². The molecule has 4 aromatic rings. The van der Waals surface area contributed by atoms with Gasteiger partial charge in [-0.1, -0.05) is 121 Å². The summed E-state index contributed by atoms with van der Waals surface area (Å²) in [4.78, 5) is 56.9. The van der Waals surface area contributed by atoms with Gasteiger partial charge >= 0.3 is 0 Å². The maximum Gasteiger partial charge on any atom is 0.243 e. The fourth-order valence-corrected chi connectivity index (χ4v) is 24.5. The molecule has 2 amide bonds. The van der Waals surface area contributed by atoms with Crippen molar-refractivity contribution in [2.75, 3.05) is 142 Å². The van der Waals surface area contributed by atoms with E-state index < -0.39 is 20.0 Å². The van der Waals surface area contributed by atoms with E-state index >= 15 is 0 Å². The summed E-state index contributed by atoms with van der Waals surface area (Å²) in [5.41, 5.74) is 2.37. The Morgan fingerprint density at radius 1 is 0.550 bits per heavy atom. The van der Waals surface area contributed by atoms with Gasteiger partial charge in [0.15, 0.2) is 5.82 Å². The van der Waals surface area contributed by atoms with Crippen molar-refractivity contribution in [1.29, 1.82) is 10.5 Å². The van der Waals surface area contributed by atoms with Crippen LogP contribution in [0.2, 0.25) is 0 Å². The lowest BCUT2D eigenvalue weighted by Gasteiger charge is -2.41. The molecule has 5 atom stereocenters. The maximum atomic E-state index is 12.8. The molecule has 1 aromatic carbocycles. The molecule has 0 spiro atoms. The van der Waals surface area contributed by atoms with E-state index in [0.29, 0.717) is 48.4 Å². The van der Waals surface area contributed by atoms with Gasteiger partial charge in [0.1, 0.15) is 5.82 Å². The molecule has 11 saturated heterocycles. The van der Waals surface area contributed by atoms with Crippen molar-refractivity contribution in [3.05, 3.63) is 78.1 Å². The number of ether oxygens (including phenoxy) is 1. The first kappa shape index (κ1) is 105. The van der Waals surface area contributed by atoms with Crippen LogP contribution in [0.3, 0.4) is 0 Å². The molecule has 11 aliphatic heterocycles. The predicted molar refractivity (Wildman–Crippen MR) is 515 cm³/mol. The second kappa shape index (κ2) is 50.5. The molecule has 28 heteroatoms. The highest BCUT2D eigenvalue weighted by molar-refractivity contribution is 7.90. The lowest BCUT2D eigenvalue weighted by Crippen LogP contribution is -2.52. The first-order valence-electron chi connectivity index (χ1n) is 50.4. The zero-order valence-corrected chi connectivity index (χ0v) is 84.4. The number of carbonyl (C=O) groups excluding carboxylic acids is 2. The minimum absolute atomic E-state index is 0.0298. The summed E-state index contributed by atoms with van der Waals surface area (Å²) >= 11 is 0. The van der Waals surface area contributed by atoms with Crippen molar-refractivity contribution < 1.29 is 35.7 Å². The van der Waals surface area contributed by atoms with Gasteiger partial charge in [0, 0.05) is 129 Å². The molecule has 17 rings (SSSR count). The number of benzene rings is 1. The Balaban J connectivity index is 0.000000154. The number of hydrogen-bond acceptors (Lipinski definition) is 21. The summed E-state index contributed by atoms with van der Waals surface area (Å²) < 4.78 is 64.3. The molecular weight excluding hydrogens is 1660 g/mol. The monoisotopic (exact) mass is 1830 g/mol. The lowest BCUT2D eigenvalue weighted by atomic mass is 9.75. The van der Waals surface area contributed by atoms with Gasteiger partial charge in [-0.25, -0.2) is 26.1 Å². The zero-order valence-electron chi connectivity index (χ0n) is 82.8. The first-order valence-corrected chi connectivity index (χ1v) is 53.4. The van der Waals surface area contributed by atoms with E-state index in [0.717, 1.165) is 245 Å². The molecule has 2 unspecified atom stereocenters. The van der Waals surface area contributed by atoms with Crippen molar-refractivity contribution in [3.63, 3.8) is 0 Å². The summed E-state index contributed by atoms with van der Waals surface area (Å²) in [6.07, 6.45) is 37.5. The summed E-state index contributed by atoms with van der Waals surface area (Å²) in [7, 11) is -4.40. The normalized spacial score (nSPS) is 24.8. The number of likely N-dealkylation sites (tertiary alicyclic amines) is 7. The molecule has 2 saturated carbocycles. The lowest BCUT2D eigenvalue weighted by molar-refractivity contribution is -0.139. The molecule has 14 heterocycles. The molecular formula is C101H170N18O8S2. The van der Waals surface area contributed by atoms with Crippen LogP contribution >= 0.6 is 0 Å². The Hall–Kier alpha value is -6.05. The van der Waals surface area contributed by atoms with Gasteiger partial charge in [-0.05, 0) is 281 Å². The SMILES string of the molecule is CC(C)(C)C1CCN(S(=O)(=O)c2cccc(C#N)c2)CC1.CC(C)(C)C1CCN(c2cnccn2)CC1.CC(C)C1CCN(C(=O)[C@@H]2CCCN2C2CCC2)CC1.CC(C)C1CCN(C(=O)[C@@H]2CCCN2CC#N)CC1.CC1CCCN(C2COC2)C1.CC1CCCN(S(=O)(=O)C2CC2)C1.CC1CCN(Cc2cnn(C)c2)CC1.Cc1noc(CN2CC[C@@H](C(C)C)C2)n1. The van der Waals surface area contributed by atoms with E-state index in [-0.39, 0.29) is 33.6 Å². The third kappa shape index (κ3) is 32.3. The number of sulfonamides is 2. The average Bonchev–Trinajstić information content (AvgIpc) is 1.62. The number of nitriles is 2. The fraction of sp³-hybridized carbons (Fsp3) is 0.812. The Bertz CT molecular complexity index is 4280. The number of piperidine rings is 7. The zero-order chi connectivity index (χ0) is 93.2. The highest BCUT2D eigenvalue weighted by atomic mass is 32.2. The number of carbonyl (C=O) groups is 2. The molecule has 2 aliphatic carbocycles. The minimum Gasteiger partial charge on any atom is -0.378 e. The van der Waals surface area contributed by atoms with Crippen LogP contribution in [-0.4, -0.2) is 268 Å². The smallest absolute Gasteiger partial charge is 0.243 e. The van der Waals surface area contributed by atoms with Crippen LogP contribution < -0.4 is 4.90 Å². The summed E-state index contributed by atoms with van der Waals surface area (Å²) in [5.74, 6) is 11.6. The van der Waals surface area contributed by atoms with Crippen molar-refractivity contribution in [1.82, 2.24) is 72.8 Å². The molecule has 129 heavy (non-hydrogen) atoms. The third-order valence-electron chi connectivity index (χ3n) is 30.5. The number of anilines is 1. The summed E-state index contributed by atoms with van der Waals surface area (Å²) in [5, 5.41) is 25.7. The molecule has 13 fully saturated rings. The van der Waals surface area contributed by atoms with E-state index in [2.05, 4.69) is 171 Å². The predicted octanol–water partition coefficient (Wildman–Crippen LogP) is 16.3. The summed E-state index contributed by atoms with van der Waals surface area (Å²) in [6.45, 7) is 58.4. The van der Waals surface area contributed by atoms with Crippen LogP contribution in [0.1, 0.15) is 281 Å². The minimum atomic E-state index is -3.48. The van der Waals surface area contributed by atoms with Crippen LogP contribution in [-0.2, 0) is 54.5 Å². The molecule has 0 N–H and O–H groups in total. The topological polar surface area (TPSA) is 274 Å². The maximum absolute atomic E-state index is 12.8. The van der Waals surface area contributed by atoms with E-state index in [1.807, 2.05) is 46.9 Å². The Morgan fingerprint density at radius 3 is 1.61 bits per heavy atom. The highest BCUT2D eigenvalue weighted by Gasteiger charge is 2.44. The second-order valence-corrected chi connectivity index (χ2v) is 47.6. The highest BCUT2D eigenvalue weighted by Crippen LogP contribution is 2.40. The van der Waals surface area contributed by atoms with Crippen molar-refractivity contribution >= 4 is 37.7 Å². The number of amides is 2. The molecule has 13 aliphatic rings. The first-order chi connectivity index (χ1) is 61.5. The van der Waals surface area contributed by atoms with Crippen LogP contribution in [0.15, 0.2) is 64.7 Å². The number of rotatable bonds is 17. The van der Waals surface area contributed by atoms with Gasteiger partial charge < -0.3 is 24.0 Å². The Kier molecular flexibility index (Phi) is 41.1. The van der Waals surface area contributed by atoms with E-state index in [4.69, 9.17) is 19.8 Å². The van der Waals surface area contributed by atoms with Crippen LogP contribution in [0, 0.1) is 106 Å². The van der Waals surface area contributed by atoms with Gasteiger partial charge in [0.25, 0.3) is 0 Å². The summed E-state index contributed by atoms with van der Waals surface area (Å²) in [6, 6.07) is 12.1. The average molecular weight is 1830 g/mol. The van der Waals surface area contributed by atoms with Crippen LogP contribution in [0.4, 0.5) is 5.82 Å². The van der Waals surface area contributed by atoms with Gasteiger partial charge in [-0.15, -0.1) is 0 Å². The van der Waals surface area contributed by atoms with Crippen LogP contribution in [0.5, 0.6) is 0 Å². The number of hydrogen-bond donors (Lipinski definition) is 0. The van der Waals surface area contributed by atoms with E-state index in [1.54, 1.807) is 39.2 Å². The molecule has 0 radical (unpaired) electrons. The molecule has 26 nitrogen and oxygen atoms in total.